The third kappa shape index (κ3) is 19.9. The van der Waals surface area contributed by atoms with E-state index >= 15 is 0 Å². The zero-order valence-corrected chi connectivity index (χ0v) is 34.2. The SMILES string of the molecule is CC(C)[C@H](NC(=O)[C@@H](NC(=O)[C@@H](N)CCC(=O)O)[C@@H](C)O)C(=O)N[C@@H](CCCN=C(N)N)C(=O)N[C@@H](Cc1ccccc1)C(=O)N[C@@H](CCC(N)=O)C(=O)N[C@@H](CO)C(=O)O. The largest absolute Gasteiger partial charge is 0.481 e. The van der Waals surface area contributed by atoms with E-state index in [1.54, 1.807) is 44.2 Å². The predicted octanol–water partition coefficient (Wildman–Crippen LogP) is -5.24. The van der Waals surface area contributed by atoms with E-state index in [0.717, 1.165) is 0 Å². The van der Waals surface area contributed by atoms with Gasteiger partial charge in [-0.25, -0.2) is 4.79 Å². The van der Waals surface area contributed by atoms with Crippen LogP contribution in [-0.2, 0) is 49.6 Å². The molecule has 1 aromatic rings. The molecule has 0 heterocycles. The van der Waals surface area contributed by atoms with Gasteiger partial charge in [0.2, 0.25) is 41.4 Å². The maximum atomic E-state index is 14.1. The molecule has 8 atom stereocenters. The Bertz CT molecular complexity index is 1710. The highest BCUT2D eigenvalue weighted by molar-refractivity contribution is 5.97. The zero-order valence-electron chi connectivity index (χ0n) is 34.2. The number of carboxylic acids is 2. The van der Waals surface area contributed by atoms with Gasteiger partial charge in [-0.3, -0.25) is 43.3 Å². The summed E-state index contributed by atoms with van der Waals surface area (Å²) in [6, 6.07) is -2.30. The van der Waals surface area contributed by atoms with Gasteiger partial charge in [-0.15, -0.1) is 0 Å². The molecular formula is C37H59N11O13. The summed E-state index contributed by atoms with van der Waals surface area (Å²) in [5.41, 5.74) is 22.4. The Balaban J connectivity index is 3.48. The van der Waals surface area contributed by atoms with Crippen LogP contribution in [0.5, 0.6) is 0 Å². The summed E-state index contributed by atoms with van der Waals surface area (Å²) in [5, 5.41) is 52.3. The number of carboxylic acid groups (broad SMARTS) is 2. The number of amides is 7. The normalized spacial score (nSPS) is 14.9. The van der Waals surface area contributed by atoms with E-state index in [9.17, 15) is 58.5 Å². The molecule has 0 aliphatic rings. The Hall–Kier alpha value is -6.40. The standard InChI is InChI=1S/C37H59N11O13/c1-18(2)28(47-35(59)29(19(3)50)48-30(54)21(38)11-14-27(52)53)34(58)44-22(10-7-15-42-37(40)41)31(55)45-24(16-20-8-5-4-6-9-20)33(57)43-23(12-13-26(39)51)32(56)46-25(17-49)36(60)61/h4-6,8-9,18-19,21-25,28-29,49-50H,7,10-17,38H2,1-3H3,(H2,39,51)(H,43,57)(H,44,58)(H,45,55)(H,46,56)(H,47,59)(H,48,54)(H,52,53)(H,60,61)(H4,40,41,42)/t19-,21+,22+,23+,24+,25+,28+,29+/m1/s1. The number of rotatable bonds is 28. The van der Waals surface area contributed by atoms with Crippen molar-refractivity contribution in [3.05, 3.63) is 35.9 Å². The van der Waals surface area contributed by atoms with Crippen molar-refractivity contribution < 1.29 is 63.6 Å². The van der Waals surface area contributed by atoms with Crippen molar-refractivity contribution in [2.45, 2.75) is 114 Å². The molecule has 0 aliphatic heterocycles. The van der Waals surface area contributed by atoms with Crippen molar-refractivity contribution in [3.8, 4) is 0 Å². The lowest BCUT2D eigenvalue weighted by Gasteiger charge is -2.29. The Morgan fingerprint density at radius 1 is 0.639 bits per heavy atom. The monoisotopic (exact) mass is 865 g/mol. The van der Waals surface area contributed by atoms with E-state index in [1.165, 1.54) is 6.92 Å². The number of hydrogen-bond acceptors (Lipinski definition) is 13. The number of hydrogen-bond donors (Lipinski definition) is 14. The highest BCUT2D eigenvalue weighted by atomic mass is 16.4. The minimum Gasteiger partial charge on any atom is -0.481 e. The predicted molar refractivity (Wildman–Crippen MR) is 216 cm³/mol. The minimum absolute atomic E-state index is 0.00641. The fourth-order valence-electron chi connectivity index (χ4n) is 5.50. The van der Waals surface area contributed by atoms with Crippen LogP contribution in [0.1, 0.15) is 64.9 Å². The Kier molecular flexibility index (Phi) is 23.0. The van der Waals surface area contributed by atoms with E-state index in [1.807, 2.05) is 0 Å². The maximum Gasteiger partial charge on any atom is 0.328 e. The summed E-state index contributed by atoms with van der Waals surface area (Å²) in [6.45, 7) is 3.31. The number of aliphatic carboxylic acids is 2. The van der Waals surface area contributed by atoms with Crippen LogP contribution in [0.3, 0.4) is 0 Å². The number of aliphatic hydroxyl groups excluding tert-OH is 2. The van der Waals surface area contributed by atoms with Crippen LogP contribution < -0.4 is 54.8 Å². The number of carbonyl (C=O) groups is 9. The van der Waals surface area contributed by atoms with Crippen LogP contribution in [0.25, 0.3) is 0 Å². The molecule has 0 aliphatic carbocycles. The molecule has 340 valence electrons. The average molecular weight is 866 g/mol. The van der Waals surface area contributed by atoms with Crippen molar-refractivity contribution in [2.24, 2.45) is 33.8 Å². The molecule has 0 fully saturated rings. The fourth-order valence-corrected chi connectivity index (χ4v) is 5.50. The van der Waals surface area contributed by atoms with Crippen LogP contribution >= 0.6 is 0 Å². The molecule has 7 amide bonds. The second kappa shape index (κ2) is 26.6. The van der Waals surface area contributed by atoms with Gasteiger partial charge in [0.25, 0.3) is 0 Å². The smallest absolute Gasteiger partial charge is 0.328 e. The van der Waals surface area contributed by atoms with E-state index in [-0.39, 0.29) is 44.6 Å². The maximum absolute atomic E-state index is 14.1. The molecule has 0 unspecified atom stereocenters. The van der Waals surface area contributed by atoms with Crippen LogP contribution in [0.4, 0.5) is 0 Å². The molecule has 0 aromatic heterocycles. The van der Waals surface area contributed by atoms with Gasteiger partial charge in [0.1, 0.15) is 36.3 Å². The second-order valence-corrected chi connectivity index (χ2v) is 14.4. The topological polar surface area (TPSA) is 423 Å². The quantitative estimate of drug-likeness (QED) is 0.0213. The molecule has 0 radical (unpaired) electrons. The molecule has 0 saturated carbocycles. The fraction of sp³-hybridized carbons (Fsp3) is 0.568. The molecule has 18 N–H and O–H groups in total. The summed E-state index contributed by atoms with van der Waals surface area (Å²) >= 11 is 0. The number of nitrogens with zero attached hydrogens (tertiary/aromatic N) is 1. The van der Waals surface area contributed by atoms with Crippen LogP contribution in [0.2, 0.25) is 0 Å². The lowest BCUT2D eigenvalue weighted by atomic mass is 10.00. The molecule has 1 aromatic carbocycles. The highest BCUT2D eigenvalue weighted by Gasteiger charge is 2.35. The van der Waals surface area contributed by atoms with E-state index in [2.05, 4.69) is 36.9 Å². The van der Waals surface area contributed by atoms with Crippen LogP contribution in [-0.4, -0.2) is 141 Å². The van der Waals surface area contributed by atoms with Gasteiger partial charge >= 0.3 is 11.9 Å². The Labute approximate surface area is 351 Å². The third-order valence-corrected chi connectivity index (χ3v) is 8.92. The number of benzene rings is 1. The summed E-state index contributed by atoms with van der Waals surface area (Å²) < 4.78 is 0. The highest BCUT2D eigenvalue weighted by Crippen LogP contribution is 2.10. The van der Waals surface area contributed by atoms with Crippen molar-refractivity contribution in [3.63, 3.8) is 0 Å². The third-order valence-electron chi connectivity index (χ3n) is 8.92. The summed E-state index contributed by atoms with van der Waals surface area (Å²) in [4.78, 5) is 119. The average Bonchev–Trinajstić information content (AvgIpc) is 3.18. The minimum atomic E-state index is -1.76. The van der Waals surface area contributed by atoms with E-state index in [0.29, 0.717) is 5.56 Å². The Morgan fingerprint density at radius 3 is 1.66 bits per heavy atom. The van der Waals surface area contributed by atoms with Gasteiger partial charge in [0.15, 0.2) is 5.96 Å². The molecule has 0 saturated heterocycles. The number of primary amides is 1. The zero-order chi connectivity index (χ0) is 46.4. The lowest BCUT2D eigenvalue weighted by Crippen LogP contribution is -2.62. The van der Waals surface area contributed by atoms with Crippen molar-refractivity contribution >= 4 is 59.2 Å². The molecule has 0 spiro atoms. The first-order valence-corrected chi connectivity index (χ1v) is 19.3. The first kappa shape index (κ1) is 52.6. The van der Waals surface area contributed by atoms with Gasteiger partial charge in [-0.2, -0.15) is 0 Å². The van der Waals surface area contributed by atoms with E-state index in [4.69, 9.17) is 28.0 Å². The molecule has 0 bridgehead atoms. The van der Waals surface area contributed by atoms with Gasteiger partial charge in [0.05, 0.1) is 18.8 Å². The number of guanidine groups is 1. The number of nitrogens with one attached hydrogen (secondary N) is 6. The van der Waals surface area contributed by atoms with Gasteiger partial charge in [-0.1, -0.05) is 44.2 Å². The Morgan fingerprint density at radius 2 is 1.15 bits per heavy atom. The lowest BCUT2D eigenvalue weighted by molar-refractivity contribution is -0.143. The number of aliphatic imine (C=N–C) groups is 1. The number of aliphatic hydroxyl groups is 2. The summed E-state index contributed by atoms with van der Waals surface area (Å²) in [7, 11) is 0. The summed E-state index contributed by atoms with van der Waals surface area (Å²) in [5.74, 6) is -10.4. The van der Waals surface area contributed by atoms with Crippen molar-refractivity contribution in [1.29, 1.82) is 0 Å². The first-order chi connectivity index (χ1) is 28.6. The second-order valence-electron chi connectivity index (χ2n) is 14.4. The van der Waals surface area contributed by atoms with Crippen molar-refractivity contribution in [2.75, 3.05) is 13.2 Å². The molecular weight excluding hydrogens is 806 g/mol. The van der Waals surface area contributed by atoms with Gasteiger partial charge in [0, 0.05) is 25.8 Å². The van der Waals surface area contributed by atoms with Crippen molar-refractivity contribution in [1.82, 2.24) is 31.9 Å². The van der Waals surface area contributed by atoms with Crippen LogP contribution in [0, 0.1) is 5.92 Å². The summed E-state index contributed by atoms with van der Waals surface area (Å²) in [6.07, 6.45) is -3.24. The van der Waals surface area contributed by atoms with Gasteiger partial charge < -0.3 is 75.3 Å². The molecule has 24 heteroatoms. The number of carbonyl (C=O) groups excluding carboxylic acids is 7. The first-order valence-electron chi connectivity index (χ1n) is 19.3. The van der Waals surface area contributed by atoms with E-state index < -0.39 is 127 Å². The van der Waals surface area contributed by atoms with Gasteiger partial charge in [-0.05, 0) is 44.1 Å². The molecule has 24 nitrogen and oxygen atoms in total. The molecule has 1 rings (SSSR count). The number of nitrogens with two attached hydrogens (primary N) is 4. The van der Waals surface area contributed by atoms with Crippen LogP contribution in [0.15, 0.2) is 35.3 Å². The molecule has 61 heavy (non-hydrogen) atoms.